The number of nitrogens with one attached hydrogen (secondary N) is 2. The van der Waals surface area contributed by atoms with Crippen molar-refractivity contribution in [2.45, 2.75) is 69.5 Å². The SMILES string of the molecule is COC(=O)c1ccc(NC(=O)CC23CCC(c4cccc(OCc5ccccc5)c4)(CC2)CC3)c(NC[C@@H]2CCO2)c1. The minimum absolute atomic E-state index is 0.0227. The summed E-state index contributed by atoms with van der Waals surface area (Å²) in [5.41, 5.74) is 4.55. The second-order valence-corrected chi connectivity index (χ2v) is 12.2. The quantitative estimate of drug-likeness (QED) is 0.246. The molecular formula is C35H40N2O5. The highest BCUT2D eigenvalue weighted by molar-refractivity contribution is 5.97. The summed E-state index contributed by atoms with van der Waals surface area (Å²) >= 11 is 0. The van der Waals surface area contributed by atoms with Gasteiger partial charge >= 0.3 is 5.97 Å². The Morgan fingerprint density at radius 1 is 0.905 bits per heavy atom. The van der Waals surface area contributed by atoms with Gasteiger partial charge in [-0.1, -0.05) is 42.5 Å². The first-order chi connectivity index (χ1) is 20.5. The van der Waals surface area contributed by atoms with Crippen molar-refractivity contribution in [1.29, 1.82) is 0 Å². The van der Waals surface area contributed by atoms with Gasteiger partial charge in [-0.3, -0.25) is 4.79 Å². The molecule has 1 aliphatic heterocycles. The lowest BCUT2D eigenvalue weighted by Gasteiger charge is -2.53. The minimum atomic E-state index is -0.407. The third kappa shape index (κ3) is 6.16. The fourth-order valence-electron chi connectivity index (χ4n) is 6.87. The molecule has 1 heterocycles. The predicted octanol–water partition coefficient (Wildman–Crippen LogP) is 6.87. The zero-order valence-electron chi connectivity index (χ0n) is 24.3. The summed E-state index contributed by atoms with van der Waals surface area (Å²) in [6.45, 7) is 1.96. The van der Waals surface area contributed by atoms with Crippen LogP contribution in [0.5, 0.6) is 5.75 Å². The van der Waals surface area contributed by atoms with E-state index in [1.165, 1.54) is 12.7 Å². The monoisotopic (exact) mass is 568 g/mol. The van der Waals surface area contributed by atoms with E-state index < -0.39 is 5.97 Å². The van der Waals surface area contributed by atoms with E-state index in [-0.39, 0.29) is 22.8 Å². The minimum Gasteiger partial charge on any atom is -0.489 e. The first-order valence-electron chi connectivity index (χ1n) is 15.1. The number of amides is 1. The first kappa shape index (κ1) is 28.3. The molecule has 7 rings (SSSR count). The standard InChI is InChI=1S/C35H40N2O5/c1-40-33(39)26-10-11-30(31(20-26)36-23-29-12-19-41-29)37-32(38)22-34-13-16-35(17-14-34,18-15-34)27-8-5-9-28(21-27)42-24-25-6-3-2-4-7-25/h2-11,20-21,29,36H,12-19,22-24H2,1H3,(H,37,38)/t29-,34?,35?/m0/s1. The lowest BCUT2D eigenvalue weighted by Crippen LogP contribution is -2.45. The molecule has 2 N–H and O–H groups in total. The fourth-order valence-corrected chi connectivity index (χ4v) is 6.87. The van der Waals surface area contributed by atoms with Gasteiger partial charge in [0.15, 0.2) is 0 Å². The third-order valence-electron chi connectivity index (χ3n) is 9.66. The highest BCUT2D eigenvalue weighted by Gasteiger charge is 2.50. The number of carbonyl (C=O) groups is 2. The van der Waals surface area contributed by atoms with Crippen LogP contribution in [0.15, 0.2) is 72.8 Å². The first-order valence-corrected chi connectivity index (χ1v) is 15.1. The number of methoxy groups -OCH3 is 1. The van der Waals surface area contributed by atoms with Crippen molar-refractivity contribution in [3.8, 4) is 5.75 Å². The molecule has 1 amide bonds. The smallest absolute Gasteiger partial charge is 0.337 e. The van der Waals surface area contributed by atoms with E-state index in [1.807, 2.05) is 24.3 Å². The molecule has 0 spiro atoms. The Morgan fingerprint density at radius 2 is 1.67 bits per heavy atom. The molecule has 220 valence electrons. The molecule has 4 fully saturated rings. The van der Waals surface area contributed by atoms with Crippen LogP contribution in [-0.4, -0.2) is 38.2 Å². The van der Waals surface area contributed by atoms with E-state index in [0.717, 1.165) is 62.9 Å². The number of carbonyl (C=O) groups excluding carboxylic acids is 2. The van der Waals surface area contributed by atoms with Gasteiger partial charge in [-0.15, -0.1) is 0 Å². The summed E-state index contributed by atoms with van der Waals surface area (Å²) in [6.07, 6.45) is 8.05. The summed E-state index contributed by atoms with van der Waals surface area (Å²) in [7, 11) is 1.37. The number of rotatable bonds is 11. The van der Waals surface area contributed by atoms with Crippen LogP contribution in [0.25, 0.3) is 0 Å². The van der Waals surface area contributed by atoms with Gasteiger partial charge in [0.25, 0.3) is 0 Å². The molecule has 42 heavy (non-hydrogen) atoms. The summed E-state index contributed by atoms with van der Waals surface area (Å²) in [5.74, 6) is 0.532. The number of fused-ring (bicyclic) bond motifs is 3. The van der Waals surface area contributed by atoms with Crippen molar-refractivity contribution in [2.75, 3.05) is 30.9 Å². The average molecular weight is 569 g/mol. The van der Waals surface area contributed by atoms with Gasteiger partial charge in [-0.2, -0.15) is 0 Å². The molecule has 4 aliphatic rings. The molecule has 0 aromatic heterocycles. The van der Waals surface area contributed by atoms with Crippen molar-refractivity contribution >= 4 is 23.3 Å². The number of esters is 1. The van der Waals surface area contributed by atoms with E-state index in [1.54, 1.807) is 18.2 Å². The summed E-state index contributed by atoms with van der Waals surface area (Å²) in [6, 6.07) is 24.1. The number of hydrogen-bond acceptors (Lipinski definition) is 6. The van der Waals surface area contributed by atoms with Gasteiger partial charge < -0.3 is 24.8 Å². The molecule has 3 aliphatic carbocycles. The van der Waals surface area contributed by atoms with Gasteiger partial charge in [0, 0.05) is 19.6 Å². The summed E-state index contributed by atoms with van der Waals surface area (Å²) < 4.78 is 16.6. The van der Waals surface area contributed by atoms with Crippen LogP contribution in [-0.2, 0) is 26.3 Å². The van der Waals surface area contributed by atoms with Crippen LogP contribution < -0.4 is 15.4 Å². The molecule has 1 atom stereocenters. The van der Waals surface area contributed by atoms with Crippen LogP contribution >= 0.6 is 0 Å². The molecule has 3 aromatic carbocycles. The average Bonchev–Trinajstić information content (AvgIpc) is 3.01. The van der Waals surface area contributed by atoms with Crippen molar-refractivity contribution in [3.63, 3.8) is 0 Å². The van der Waals surface area contributed by atoms with Crippen LogP contribution in [0, 0.1) is 5.41 Å². The number of benzene rings is 3. The van der Waals surface area contributed by atoms with Crippen molar-refractivity contribution in [3.05, 3.63) is 89.5 Å². The van der Waals surface area contributed by atoms with Crippen LogP contribution in [0.2, 0.25) is 0 Å². The zero-order valence-corrected chi connectivity index (χ0v) is 24.3. The molecular weight excluding hydrogens is 528 g/mol. The predicted molar refractivity (Wildman–Crippen MR) is 163 cm³/mol. The van der Waals surface area contributed by atoms with Crippen molar-refractivity contribution in [1.82, 2.24) is 0 Å². The van der Waals surface area contributed by atoms with E-state index in [4.69, 9.17) is 14.2 Å². The second-order valence-electron chi connectivity index (χ2n) is 12.2. The molecule has 1 saturated heterocycles. The Morgan fingerprint density at radius 3 is 2.36 bits per heavy atom. The van der Waals surface area contributed by atoms with Crippen LogP contribution in [0.4, 0.5) is 11.4 Å². The largest absolute Gasteiger partial charge is 0.489 e. The maximum absolute atomic E-state index is 13.4. The molecule has 3 saturated carbocycles. The molecule has 7 heteroatoms. The lowest BCUT2D eigenvalue weighted by molar-refractivity contribution is -0.120. The van der Waals surface area contributed by atoms with E-state index >= 15 is 0 Å². The third-order valence-corrected chi connectivity index (χ3v) is 9.66. The Balaban J connectivity index is 1.08. The normalized spacial score (nSPS) is 24.4. The topological polar surface area (TPSA) is 85.9 Å². The number of hydrogen-bond donors (Lipinski definition) is 2. The summed E-state index contributed by atoms with van der Waals surface area (Å²) in [4.78, 5) is 25.5. The Labute approximate surface area is 247 Å². The molecule has 3 aromatic rings. The lowest BCUT2D eigenvalue weighted by atomic mass is 9.51. The maximum Gasteiger partial charge on any atom is 0.337 e. The summed E-state index contributed by atoms with van der Waals surface area (Å²) in [5, 5.41) is 6.51. The van der Waals surface area contributed by atoms with Gasteiger partial charge in [0.05, 0.1) is 30.2 Å². The van der Waals surface area contributed by atoms with Gasteiger partial charge in [-0.25, -0.2) is 4.79 Å². The molecule has 2 bridgehead atoms. The molecule has 0 unspecified atom stereocenters. The molecule has 7 nitrogen and oxygen atoms in total. The van der Waals surface area contributed by atoms with E-state index in [0.29, 0.717) is 36.5 Å². The van der Waals surface area contributed by atoms with Crippen molar-refractivity contribution < 1.29 is 23.8 Å². The fraction of sp³-hybridized carbons (Fsp3) is 0.429. The van der Waals surface area contributed by atoms with Crippen molar-refractivity contribution in [2.24, 2.45) is 5.41 Å². The van der Waals surface area contributed by atoms with Gasteiger partial charge in [0.1, 0.15) is 12.4 Å². The van der Waals surface area contributed by atoms with Crippen LogP contribution in [0.1, 0.15) is 72.9 Å². The Hall–Kier alpha value is -3.84. The van der Waals surface area contributed by atoms with E-state index in [9.17, 15) is 9.59 Å². The Bertz CT molecular complexity index is 1390. The maximum atomic E-state index is 13.4. The number of ether oxygens (including phenoxy) is 3. The molecule has 0 radical (unpaired) electrons. The van der Waals surface area contributed by atoms with Gasteiger partial charge in [0.2, 0.25) is 5.91 Å². The number of anilines is 2. The second kappa shape index (κ2) is 12.2. The zero-order chi connectivity index (χ0) is 29.0. The van der Waals surface area contributed by atoms with E-state index in [2.05, 4.69) is 41.0 Å². The highest BCUT2D eigenvalue weighted by atomic mass is 16.5. The Kier molecular flexibility index (Phi) is 8.20. The highest BCUT2D eigenvalue weighted by Crippen LogP contribution is 2.59. The van der Waals surface area contributed by atoms with Gasteiger partial charge in [-0.05, 0) is 97.2 Å². The van der Waals surface area contributed by atoms with Crippen LogP contribution in [0.3, 0.4) is 0 Å².